The molecule has 304 valence electrons. The molecule has 7 rings (SSSR count). The van der Waals surface area contributed by atoms with Gasteiger partial charge in [-0.1, -0.05) is 33.8 Å². The number of ketones is 1. The number of alkyl carbamates (subject to hydrolysis) is 1. The zero-order valence-corrected chi connectivity index (χ0v) is 33.4. The van der Waals surface area contributed by atoms with Crippen molar-refractivity contribution >= 4 is 40.3 Å². The first-order chi connectivity index (χ1) is 26.4. The van der Waals surface area contributed by atoms with Crippen molar-refractivity contribution in [3.05, 3.63) is 46.5 Å². The fourth-order valence-electron chi connectivity index (χ4n) is 11.1. The van der Waals surface area contributed by atoms with Crippen LogP contribution in [0.5, 0.6) is 5.75 Å². The lowest BCUT2D eigenvalue weighted by molar-refractivity contribution is -0.191. The van der Waals surface area contributed by atoms with Gasteiger partial charge in [-0.05, 0) is 88.5 Å². The minimum absolute atomic E-state index is 0.0373. The number of Topliss-reactive ketones (excluding diaryl/α,β-unsaturated/α-hetero) is 1. The van der Waals surface area contributed by atoms with Gasteiger partial charge in [0, 0.05) is 54.4 Å². The molecule has 1 saturated heterocycles. The number of pyridine rings is 1. The Labute approximate surface area is 326 Å². The molecule has 13 heteroatoms. The molecule has 4 aliphatic carbocycles. The Balaban J connectivity index is 1.11. The van der Waals surface area contributed by atoms with Gasteiger partial charge < -0.3 is 29.2 Å². The van der Waals surface area contributed by atoms with Crippen molar-refractivity contribution in [1.29, 1.82) is 0 Å². The maximum absolute atomic E-state index is 16.2. The maximum Gasteiger partial charge on any atom is 0.414 e. The first-order valence-corrected chi connectivity index (χ1v) is 20.3. The van der Waals surface area contributed by atoms with Gasteiger partial charge in [-0.15, -0.1) is 6.58 Å². The molecule has 5 fully saturated rings. The van der Waals surface area contributed by atoms with Crippen molar-refractivity contribution in [1.82, 2.24) is 9.88 Å². The van der Waals surface area contributed by atoms with E-state index in [0.29, 0.717) is 18.4 Å². The number of piperidine rings is 1. The molecular weight excluding hydrogens is 721 g/mol. The van der Waals surface area contributed by atoms with Crippen LogP contribution in [0.1, 0.15) is 116 Å². The van der Waals surface area contributed by atoms with Gasteiger partial charge in [0.1, 0.15) is 23.1 Å². The minimum Gasteiger partial charge on any atom is -0.486 e. The van der Waals surface area contributed by atoms with E-state index < -0.39 is 81.2 Å². The van der Waals surface area contributed by atoms with Crippen LogP contribution >= 0.6 is 0 Å². The number of carbonyl (C=O) groups excluding carboxylic acids is 3. The fourth-order valence-corrected chi connectivity index (χ4v) is 11.1. The summed E-state index contributed by atoms with van der Waals surface area (Å²) in [6.07, 6.45) is 5.25. The highest BCUT2D eigenvalue weighted by Gasteiger charge is 2.68. The summed E-state index contributed by atoms with van der Waals surface area (Å²) >= 11 is 0. The number of nitrogens with zero attached hydrogens (tertiary/aromatic N) is 2. The van der Waals surface area contributed by atoms with E-state index in [1.807, 2.05) is 20.8 Å². The van der Waals surface area contributed by atoms with Gasteiger partial charge >= 0.3 is 12.1 Å². The van der Waals surface area contributed by atoms with Gasteiger partial charge in [0.25, 0.3) is 0 Å². The zero-order chi connectivity index (χ0) is 40.6. The molecule has 2 aromatic rings. The number of hydrogen-bond acceptors (Lipinski definition) is 9. The van der Waals surface area contributed by atoms with Gasteiger partial charge in [0.15, 0.2) is 11.6 Å². The molecule has 1 aliphatic heterocycles. The molecule has 5 aliphatic rings. The molecule has 56 heavy (non-hydrogen) atoms. The van der Waals surface area contributed by atoms with E-state index in [2.05, 4.69) is 18.8 Å². The van der Waals surface area contributed by atoms with Crippen molar-refractivity contribution in [2.45, 2.75) is 124 Å². The average Bonchev–Trinajstić information content (AvgIpc) is 3.94. The van der Waals surface area contributed by atoms with Crippen molar-refractivity contribution in [3.8, 4) is 5.75 Å². The number of aliphatic hydroxyl groups is 1. The molecule has 1 aromatic carbocycles. The molecule has 2 bridgehead atoms. The summed E-state index contributed by atoms with van der Waals surface area (Å²) in [4.78, 5) is 68.1. The Morgan fingerprint density at radius 2 is 1.75 bits per heavy atom. The molecular formula is C43H56FN3O9. The standard InChI is InChI=1S/C43H56FN3O9/c1-8-41(6)20-31(42(7)23(4)11-15-43(24(5)37(41)50)16-12-30(48)36(42)43)56-40(54)45-38(51)25-13-17-46(18-14-25)33-29(44)19-27-32(35(33)55-22(2)3)47(26-9-10-26)21-28(34(27)49)39(52)53/h8,19,21-26,31,36-37,50H,1,9-18,20H2,2-7H3,(H,52,53)(H,45,51,54)/t23-,24+,31-,36?,37+,41-,42+,43?/m1/s1. The number of rotatable bonds is 8. The first kappa shape index (κ1) is 40.0. The lowest BCUT2D eigenvalue weighted by Gasteiger charge is -2.61. The number of hydrogen-bond donors (Lipinski definition) is 3. The maximum atomic E-state index is 16.2. The number of aliphatic hydroxyl groups excluding tert-OH is 1. The Morgan fingerprint density at radius 3 is 2.36 bits per heavy atom. The number of carboxylic acids is 1. The van der Waals surface area contributed by atoms with Crippen LogP contribution in [-0.2, 0) is 14.3 Å². The van der Waals surface area contributed by atoms with Crippen molar-refractivity contribution < 1.29 is 43.3 Å². The van der Waals surface area contributed by atoms with E-state index in [1.165, 1.54) is 6.20 Å². The minimum atomic E-state index is -1.39. The highest BCUT2D eigenvalue weighted by atomic mass is 19.1. The second kappa shape index (κ2) is 14.3. The number of carboxylic acid groups (broad SMARTS) is 1. The van der Waals surface area contributed by atoms with Crippen LogP contribution in [0, 0.1) is 45.7 Å². The smallest absolute Gasteiger partial charge is 0.414 e. The Morgan fingerprint density at radius 1 is 1.07 bits per heavy atom. The number of carbonyl (C=O) groups is 4. The number of anilines is 1. The normalized spacial score (nSPS) is 33.4. The third-order valence-corrected chi connectivity index (χ3v) is 14.7. The molecule has 1 aromatic heterocycles. The van der Waals surface area contributed by atoms with E-state index in [0.717, 1.165) is 31.7 Å². The summed E-state index contributed by atoms with van der Waals surface area (Å²) < 4.78 is 30.3. The monoisotopic (exact) mass is 777 g/mol. The van der Waals surface area contributed by atoms with Gasteiger partial charge in [-0.3, -0.25) is 19.7 Å². The molecule has 8 atom stereocenters. The average molecular weight is 778 g/mol. The molecule has 0 spiro atoms. The van der Waals surface area contributed by atoms with E-state index in [-0.39, 0.29) is 72.8 Å². The molecule has 12 nitrogen and oxygen atoms in total. The molecule has 3 N–H and O–H groups in total. The number of ether oxygens (including phenoxy) is 2. The lowest BCUT2D eigenvalue weighted by atomic mass is 9.44. The van der Waals surface area contributed by atoms with Crippen LogP contribution in [0.15, 0.2) is 29.7 Å². The summed E-state index contributed by atoms with van der Waals surface area (Å²) in [5.74, 6) is -3.46. The van der Waals surface area contributed by atoms with Crippen LogP contribution in [0.2, 0.25) is 0 Å². The van der Waals surface area contributed by atoms with E-state index in [4.69, 9.17) is 9.47 Å². The van der Waals surface area contributed by atoms with Gasteiger partial charge in [-0.2, -0.15) is 0 Å². The largest absolute Gasteiger partial charge is 0.486 e. The highest BCUT2D eigenvalue weighted by Crippen LogP contribution is 2.68. The molecule has 2 unspecified atom stereocenters. The van der Waals surface area contributed by atoms with Crippen molar-refractivity contribution in [2.75, 3.05) is 18.0 Å². The van der Waals surface area contributed by atoms with Crippen LogP contribution in [0.3, 0.4) is 0 Å². The Bertz CT molecular complexity index is 2040. The molecule has 0 radical (unpaired) electrons. The summed E-state index contributed by atoms with van der Waals surface area (Å²) in [5, 5.41) is 24.0. The number of amides is 2. The Kier molecular flexibility index (Phi) is 10.2. The number of aromatic carboxylic acids is 1. The predicted molar refractivity (Wildman–Crippen MR) is 207 cm³/mol. The topological polar surface area (TPSA) is 164 Å². The van der Waals surface area contributed by atoms with Gasteiger partial charge in [0.05, 0.1) is 23.1 Å². The number of imide groups is 1. The second-order valence-corrected chi connectivity index (χ2v) is 18.1. The first-order valence-electron chi connectivity index (χ1n) is 20.3. The van der Waals surface area contributed by atoms with Crippen LogP contribution in [-0.4, -0.2) is 69.9 Å². The molecule has 4 saturated carbocycles. The Hall–Kier alpha value is -4.26. The van der Waals surface area contributed by atoms with Gasteiger partial charge in [-0.25, -0.2) is 14.0 Å². The third kappa shape index (κ3) is 6.32. The van der Waals surface area contributed by atoms with Gasteiger partial charge in [0.2, 0.25) is 11.3 Å². The van der Waals surface area contributed by atoms with Crippen LogP contribution < -0.4 is 20.4 Å². The SMILES string of the molecule is C=C[C@]1(C)C[C@@H](OC(=O)NC(=O)C2CCN(c3c(F)cc4c(=O)c(C(=O)O)cn(C5CC5)c4c3OC(C)C)CC2)[C@@]2(C)C3C(=O)CCC3(CC[C@H]2C)[C@@H](C)[C@@H]1O. The highest BCUT2D eigenvalue weighted by molar-refractivity contribution is 5.97. The predicted octanol–water partition coefficient (Wildman–Crippen LogP) is 6.79. The van der Waals surface area contributed by atoms with E-state index >= 15 is 4.39 Å². The summed E-state index contributed by atoms with van der Waals surface area (Å²) in [6, 6.07) is 1.04. The van der Waals surface area contributed by atoms with Crippen molar-refractivity contribution in [2.24, 2.45) is 39.9 Å². The third-order valence-electron chi connectivity index (χ3n) is 14.7. The molecule has 2 amide bonds. The second-order valence-electron chi connectivity index (χ2n) is 18.1. The quantitative estimate of drug-likeness (QED) is 0.243. The fraction of sp³-hybridized carbons (Fsp3) is 0.651. The number of halogens is 1. The number of nitrogens with one attached hydrogen (secondary N) is 1. The summed E-state index contributed by atoms with van der Waals surface area (Å²) in [5.41, 5.74) is -2.70. The number of fused-ring (bicyclic) bond motifs is 1. The van der Waals surface area contributed by atoms with E-state index in [9.17, 15) is 34.2 Å². The molecule has 2 heterocycles. The lowest BCUT2D eigenvalue weighted by Crippen LogP contribution is -2.63. The number of benzene rings is 1. The summed E-state index contributed by atoms with van der Waals surface area (Å²) in [6.45, 7) is 16.2. The van der Waals surface area contributed by atoms with Crippen LogP contribution in [0.25, 0.3) is 10.9 Å². The van der Waals surface area contributed by atoms with Crippen LogP contribution in [0.4, 0.5) is 14.9 Å². The van der Waals surface area contributed by atoms with E-state index in [1.54, 1.807) is 29.4 Å². The zero-order valence-electron chi connectivity index (χ0n) is 33.4. The number of aromatic nitrogens is 1. The summed E-state index contributed by atoms with van der Waals surface area (Å²) in [7, 11) is 0. The van der Waals surface area contributed by atoms with Crippen molar-refractivity contribution in [3.63, 3.8) is 0 Å².